The molecule has 0 aliphatic carbocycles. The fourth-order valence-corrected chi connectivity index (χ4v) is 2.53. The van der Waals surface area contributed by atoms with Gasteiger partial charge in [0.05, 0.1) is 17.7 Å². The Bertz CT molecular complexity index is 803. The van der Waals surface area contributed by atoms with E-state index in [2.05, 4.69) is 0 Å². The van der Waals surface area contributed by atoms with Crippen LogP contribution in [0.15, 0.2) is 54.6 Å². The van der Waals surface area contributed by atoms with E-state index in [1.807, 2.05) is 0 Å². The molecule has 0 unspecified atom stereocenters. The zero-order chi connectivity index (χ0) is 16.4. The Balaban J connectivity index is 1.84. The zero-order valence-electron chi connectivity index (χ0n) is 12.1. The number of nitrogens with zero attached hydrogens (tertiary/aromatic N) is 1. The Morgan fingerprint density at radius 2 is 1.65 bits per heavy atom. The van der Waals surface area contributed by atoms with E-state index in [0.29, 0.717) is 16.7 Å². The normalized spacial score (nSPS) is 13.7. The largest absolute Gasteiger partial charge is 0.478 e. The summed E-state index contributed by atoms with van der Waals surface area (Å²) in [6.45, 7) is 0.154. The number of carboxylic acid groups (broad SMARTS) is 1. The number of hydrogen-bond donors (Lipinski definition) is 1. The van der Waals surface area contributed by atoms with Crippen LogP contribution in [0, 0.1) is 0 Å². The number of benzene rings is 2. The van der Waals surface area contributed by atoms with Gasteiger partial charge in [-0.25, -0.2) is 4.79 Å². The Hall–Kier alpha value is -3.21. The lowest BCUT2D eigenvalue weighted by atomic mass is 10.1. The average molecular weight is 307 g/mol. The van der Waals surface area contributed by atoms with Crippen molar-refractivity contribution in [3.63, 3.8) is 0 Å². The molecule has 3 rings (SSSR count). The number of carbonyl (C=O) groups is 3. The van der Waals surface area contributed by atoms with Crippen LogP contribution in [-0.4, -0.2) is 27.8 Å². The molecule has 23 heavy (non-hydrogen) atoms. The maximum Gasteiger partial charge on any atom is 0.328 e. The summed E-state index contributed by atoms with van der Waals surface area (Å²) in [4.78, 5) is 36.4. The third kappa shape index (κ3) is 2.89. The topological polar surface area (TPSA) is 74.7 Å². The second-order valence-electron chi connectivity index (χ2n) is 5.16. The Kier molecular flexibility index (Phi) is 3.76. The predicted molar refractivity (Wildman–Crippen MR) is 83.8 cm³/mol. The van der Waals surface area contributed by atoms with Crippen LogP contribution >= 0.6 is 0 Å². The third-order valence-electron chi connectivity index (χ3n) is 3.59. The van der Waals surface area contributed by atoms with Gasteiger partial charge < -0.3 is 5.11 Å². The molecule has 0 spiro atoms. The molecule has 1 N–H and O–H groups in total. The molecule has 114 valence electrons. The lowest BCUT2D eigenvalue weighted by Crippen LogP contribution is -2.29. The Labute approximate surface area is 132 Å². The molecule has 0 atom stereocenters. The van der Waals surface area contributed by atoms with Gasteiger partial charge in [0.1, 0.15) is 0 Å². The lowest BCUT2D eigenvalue weighted by molar-refractivity contribution is -0.131. The van der Waals surface area contributed by atoms with E-state index < -0.39 is 5.97 Å². The van der Waals surface area contributed by atoms with Gasteiger partial charge in [-0.1, -0.05) is 30.3 Å². The molecule has 5 nitrogen and oxygen atoms in total. The van der Waals surface area contributed by atoms with Crippen molar-refractivity contribution < 1.29 is 19.5 Å². The van der Waals surface area contributed by atoms with Gasteiger partial charge in [0.15, 0.2) is 0 Å². The van der Waals surface area contributed by atoms with E-state index in [9.17, 15) is 14.4 Å². The average Bonchev–Trinajstić information content (AvgIpc) is 2.79. The van der Waals surface area contributed by atoms with Gasteiger partial charge in [-0.05, 0) is 35.4 Å². The first-order chi connectivity index (χ1) is 11.1. The summed E-state index contributed by atoms with van der Waals surface area (Å²) in [6, 6.07) is 13.8. The maximum atomic E-state index is 12.3. The number of hydrogen-bond acceptors (Lipinski definition) is 3. The molecule has 1 aliphatic heterocycles. The van der Waals surface area contributed by atoms with Crippen LogP contribution in [-0.2, 0) is 11.3 Å². The monoisotopic (exact) mass is 307 g/mol. The molecule has 0 bridgehead atoms. The SMILES string of the molecule is O=C(O)C=Cc1cccc(CN2C(=O)c3ccccc3C2=O)c1. The highest BCUT2D eigenvalue weighted by molar-refractivity contribution is 6.21. The standard InChI is InChI=1S/C18H13NO4/c20-16(21)9-8-12-4-3-5-13(10-12)11-19-17(22)14-6-1-2-7-15(14)18(19)23/h1-10H,11H2,(H,20,21). The first-order valence-electron chi connectivity index (χ1n) is 7.01. The van der Waals surface area contributed by atoms with Crippen molar-refractivity contribution >= 4 is 23.9 Å². The van der Waals surface area contributed by atoms with Crippen LogP contribution in [0.5, 0.6) is 0 Å². The number of aliphatic carboxylic acids is 1. The van der Waals surface area contributed by atoms with Crippen molar-refractivity contribution in [3.05, 3.63) is 76.9 Å². The number of amides is 2. The Morgan fingerprint density at radius 3 is 2.26 bits per heavy atom. The van der Waals surface area contributed by atoms with Crippen LogP contribution in [0.1, 0.15) is 31.8 Å². The summed E-state index contributed by atoms with van der Waals surface area (Å²) in [6.07, 6.45) is 2.51. The van der Waals surface area contributed by atoms with Crippen LogP contribution in [0.2, 0.25) is 0 Å². The fourth-order valence-electron chi connectivity index (χ4n) is 2.53. The third-order valence-corrected chi connectivity index (χ3v) is 3.59. The van der Waals surface area contributed by atoms with Gasteiger partial charge in [0.25, 0.3) is 11.8 Å². The van der Waals surface area contributed by atoms with Crippen molar-refractivity contribution in [2.75, 3.05) is 0 Å². The highest BCUT2D eigenvalue weighted by atomic mass is 16.4. The number of imide groups is 1. The van der Waals surface area contributed by atoms with Crippen molar-refractivity contribution in [3.8, 4) is 0 Å². The van der Waals surface area contributed by atoms with E-state index in [-0.39, 0.29) is 18.4 Å². The molecule has 1 aliphatic rings. The molecule has 5 heteroatoms. The molecule has 0 saturated carbocycles. The summed E-state index contributed by atoms with van der Waals surface area (Å²) >= 11 is 0. The highest BCUT2D eigenvalue weighted by Crippen LogP contribution is 2.24. The summed E-state index contributed by atoms with van der Waals surface area (Å²) in [5.74, 6) is -1.65. The minimum Gasteiger partial charge on any atom is -0.478 e. The number of carbonyl (C=O) groups excluding carboxylic acids is 2. The molecule has 0 aromatic heterocycles. The summed E-state index contributed by atoms with van der Waals surface area (Å²) in [5.41, 5.74) is 2.28. The van der Waals surface area contributed by atoms with Crippen LogP contribution in [0.25, 0.3) is 6.08 Å². The quantitative estimate of drug-likeness (QED) is 0.696. The smallest absolute Gasteiger partial charge is 0.328 e. The second-order valence-corrected chi connectivity index (χ2v) is 5.16. The summed E-state index contributed by atoms with van der Waals surface area (Å²) < 4.78 is 0. The first-order valence-corrected chi connectivity index (χ1v) is 7.01. The van der Waals surface area contributed by atoms with E-state index in [0.717, 1.165) is 11.6 Å². The predicted octanol–water partition coefficient (Wildman–Crippen LogP) is 2.58. The van der Waals surface area contributed by atoms with E-state index in [1.54, 1.807) is 48.5 Å². The van der Waals surface area contributed by atoms with Crippen molar-refractivity contribution in [2.45, 2.75) is 6.54 Å². The molecule has 0 fully saturated rings. The van der Waals surface area contributed by atoms with E-state index in [4.69, 9.17) is 5.11 Å². The first kappa shape index (κ1) is 14.7. The van der Waals surface area contributed by atoms with Crippen molar-refractivity contribution in [1.29, 1.82) is 0 Å². The van der Waals surface area contributed by atoms with Crippen LogP contribution in [0.4, 0.5) is 0 Å². The minimum atomic E-state index is -1.03. The molecule has 0 saturated heterocycles. The molecule has 0 radical (unpaired) electrons. The molecule has 2 aromatic rings. The van der Waals surface area contributed by atoms with Gasteiger partial charge >= 0.3 is 5.97 Å². The summed E-state index contributed by atoms with van der Waals surface area (Å²) in [5, 5.41) is 8.66. The lowest BCUT2D eigenvalue weighted by Gasteiger charge is -2.14. The van der Waals surface area contributed by atoms with E-state index in [1.165, 1.54) is 11.0 Å². The number of fused-ring (bicyclic) bond motifs is 1. The maximum absolute atomic E-state index is 12.3. The highest BCUT2D eigenvalue weighted by Gasteiger charge is 2.34. The summed E-state index contributed by atoms with van der Waals surface area (Å²) in [7, 11) is 0. The number of carboxylic acids is 1. The number of rotatable bonds is 4. The molecular weight excluding hydrogens is 294 g/mol. The van der Waals surface area contributed by atoms with Gasteiger partial charge in [0, 0.05) is 6.08 Å². The molecule has 2 amide bonds. The van der Waals surface area contributed by atoms with Crippen LogP contribution in [0.3, 0.4) is 0 Å². The van der Waals surface area contributed by atoms with Crippen molar-refractivity contribution in [2.24, 2.45) is 0 Å². The van der Waals surface area contributed by atoms with Gasteiger partial charge in [0.2, 0.25) is 0 Å². The fraction of sp³-hybridized carbons (Fsp3) is 0.0556. The molecule has 1 heterocycles. The van der Waals surface area contributed by atoms with Crippen LogP contribution < -0.4 is 0 Å². The zero-order valence-corrected chi connectivity index (χ0v) is 12.1. The second kappa shape index (κ2) is 5.88. The van der Waals surface area contributed by atoms with Crippen molar-refractivity contribution in [1.82, 2.24) is 4.90 Å². The Morgan fingerprint density at radius 1 is 1.00 bits per heavy atom. The molecule has 2 aromatic carbocycles. The minimum absolute atomic E-state index is 0.154. The van der Waals surface area contributed by atoms with Gasteiger partial charge in [-0.2, -0.15) is 0 Å². The van der Waals surface area contributed by atoms with E-state index >= 15 is 0 Å². The van der Waals surface area contributed by atoms with Gasteiger partial charge in [-0.3, -0.25) is 14.5 Å². The molecular formula is C18H13NO4. The van der Waals surface area contributed by atoms with Gasteiger partial charge in [-0.15, -0.1) is 0 Å².